The summed E-state index contributed by atoms with van der Waals surface area (Å²) in [5, 5.41) is 5.45. The first-order valence-electron chi connectivity index (χ1n) is 7.86. The topological polar surface area (TPSA) is 38.3 Å². The molecule has 1 N–H and O–H groups in total. The number of para-hydroxylation sites is 1. The standard InChI is InChI=1S/C20H18ClNO2S/c1-13-7-8-16(21)10-17(13)22-20(23)19-9-15(12-25-19)11-24-18-6-4-3-5-14(18)2/h3-10,12H,11H2,1-2H3,(H,22,23). The molecule has 0 bridgehead atoms. The molecule has 1 heterocycles. The zero-order valence-electron chi connectivity index (χ0n) is 14.0. The van der Waals surface area contributed by atoms with Crippen LogP contribution in [0.15, 0.2) is 53.9 Å². The van der Waals surface area contributed by atoms with Crippen molar-refractivity contribution in [2.45, 2.75) is 20.5 Å². The number of amides is 1. The molecule has 0 aliphatic carbocycles. The van der Waals surface area contributed by atoms with Gasteiger partial charge in [-0.2, -0.15) is 0 Å². The lowest BCUT2D eigenvalue weighted by Gasteiger charge is -2.08. The van der Waals surface area contributed by atoms with Crippen LogP contribution in [0.3, 0.4) is 0 Å². The Bertz CT molecular complexity index is 904. The number of benzene rings is 2. The van der Waals surface area contributed by atoms with Crippen LogP contribution < -0.4 is 10.1 Å². The minimum atomic E-state index is -0.141. The van der Waals surface area contributed by atoms with E-state index >= 15 is 0 Å². The number of carbonyl (C=O) groups excluding carboxylic acids is 1. The number of thiophene rings is 1. The summed E-state index contributed by atoms with van der Waals surface area (Å²) in [4.78, 5) is 13.1. The summed E-state index contributed by atoms with van der Waals surface area (Å²) in [5.41, 5.74) is 3.76. The highest BCUT2D eigenvalue weighted by molar-refractivity contribution is 7.12. The molecule has 1 aromatic heterocycles. The highest BCUT2D eigenvalue weighted by Gasteiger charge is 2.11. The van der Waals surface area contributed by atoms with E-state index in [1.54, 1.807) is 12.1 Å². The fourth-order valence-electron chi connectivity index (χ4n) is 2.36. The summed E-state index contributed by atoms with van der Waals surface area (Å²) in [6.07, 6.45) is 0. The van der Waals surface area contributed by atoms with Gasteiger partial charge in [-0.15, -0.1) is 11.3 Å². The van der Waals surface area contributed by atoms with Crippen LogP contribution in [-0.2, 0) is 6.61 Å². The second-order valence-corrected chi connectivity index (χ2v) is 7.13. The second kappa shape index (κ2) is 7.72. The van der Waals surface area contributed by atoms with E-state index in [1.807, 2.05) is 55.6 Å². The Morgan fingerprint density at radius 1 is 1.12 bits per heavy atom. The van der Waals surface area contributed by atoms with Crippen LogP contribution >= 0.6 is 22.9 Å². The molecule has 0 aliphatic rings. The normalized spacial score (nSPS) is 10.5. The number of rotatable bonds is 5. The van der Waals surface area contributed by atoms with Gasteiger partial charge < -0.3 is 10.1 Å². The second-order valence-electron chi connectivity index (χ2n) is 5.79. The van der Waals surface area contributed by atoms with Crippen molar-refractivity contribution in [1.29, 1.82) is 0 Å². The van der Waals surface area contributed by atoms with Crippen molar-refractivity contribution in [3.05, 3.63) is 80.5 Å². The molecule has 0 spiro atoms. The third kappa shape index (κ3) is 4.41. The number of nitrogens with one attached hydrogen (secondary N) is 1. The van der Waals surface area contributed by atoms with Gasteiger partial charge in [-0.1, -0.05) is 35.9 Å². The van der Waals surface area contributed by atoms with Crippen LogP contribution in [-0.4, -0.2) is 5.91 Å². The third-order valence-corrected chi connectivity index (χ3v) is 5.03. The molecule has 2 aromatic carbocycles. The maximum absolute atomic E-state index is 12.4. The molecule has 3 nitrogen and oxygen atoms in total. The average Bonchev–Trinajstić information content (AvgIpc) is 3.06. The number of halogens is 1. The van der Waals surface area contributed by atoms with Gasteiger partial charge in [0.1, 0.15) is 12.4 Å². The van der Waals surface area contributed by atoms with Crippen LogP contribution in [0.5, 0.6) is 5.75 Å². The molecule has 0 saturated carbocycles. The molecule has 0 atom stereocenters. The Balaban J connectivity index is 1.65. The molecule has 1 amide bonds. The number of carbonyl (C=O) groups is 1. The van der Waals surface area contributed by atoms with Crippen LogP contribution in [0.4, 0.5) is 5.69 Å². The Morgan fingerprint density at radius 2 is 1.92 bits per heavy atom. The van der Waals surface area contributed by atoms with Gasteiger partial charge in [-0.3, -0.25) is 4.79 Å². The summed E-state index contributed by atoms with van der Waals surface area (Å²) in [6, 6.07) is 15.2. The molecule has 5 heteroatoms. The van der Waals surface area contributed by atoms with Gasteiger partial charge in [-0.05, 0) is 54.6 Å². The number of hydrogen-bond donors (Lipinski definition) is 1. The minimum Gasteiger partial charge on any atom is -0.489 e. The smallest absolute Gasteiger partial charge is 0.265 e. The van der Waals surface area contributed by atoms with E-state index in [0.29, 0.717) is 16.5 Å². The van der Waals surface area contributed by atoms with Crippen LogP contribution in [0.2, 0.25) is 5.02 Å². The first-order chi connectivity index (χ1) is 12.0. The molecule has 0 saturated heterocycles. The van der Waals surface area contributed by atoms with Gasteiger partial charge in [0.05, 0.1) is 4.88 Å². The summed E-state index contributed by atoms with van der Waals surface area (Å²) in [5.74, 6) is 0.715. The first kappa shape index (κ1) is 17.5. The molecular formula is C20H18ClNO2S. The molecule has 128 valence electrons. The van der Waals surface area contributed by atoms with Gasteiger partial charge in [0.15, 0.2) is 0 Å². The van der Waals surface area contributed by atoms with Gasteiger partial charge in [0, 0.05) is 16.3 Å². The first-order valence-corrected chi connectivity index (χ1v) is 9.12. The molecule has 0 aliphatic heterocycles. The van der Waals surface area contributed by atoms with Crippen LogP contribution in [0.25, 0.3) is 0 Å². The summed E-state index contributed by atoms with van der Waals surface area (Å²) in [6.45, 7) is 4.38. The zero-order chi connectivity index (χ0) is 17.8. The van der Waals surface area contributed by atoms with Crippen molar-refractivity contribution in [3.63, 3.8) is 0 Å². The number of ether oxygens (including phenoxy) is 1. The van der Waals surface area contributed by atoms with Gasteiger partial charge in [0.2, 0.25) is 0 Å². The summed E-state index contributed by atoms with van der Waals surface area (Å²) < 4.78 is 5.83. The molecule has 25 heavy (non-hydrogen) atoms. The Morgan fingerprint density at radius 3 is 2.72 bits per heavy atom. The number of aryl methyl sites for hydroxylation is 2. The fraction of sp³-hybridized carbons (Fsp3) is 0.150. The van der Waals surface area contributed by atoms with Crippen LogP contribution in [0, 0.1) is 13.8 Å². The van der Waals surface area contributed by atoms with E-state index in [9.17, 15) is 4.79 Å². The van der Waals surface area contributed by atoms with Crippen molar-refractivity contribution in [2.24, 2.45) is 0 Å². The Kier molecular flexibility index (Phi) is 5.41. The zero-order valence-corrected chi connectivity index (χ0v) is 15.6. The van der Waals surface area contributed by atoms with Crippen molar-refractivity contribution >= 4 is 34.5 Å². The molecule has 3 aromatic rings. The highest BCUT2D eigenvalue weighted by Crippen LogP contribution is 2.24. The minimum absolute atomic E-state index is 0.141. The quantitative estimate of drug-likeness (QED) is 0.610. The molecule has 0 radical (unpaired) electrons. The third-order valence-electron chi connectivity index (χ3n) is 3.81. The largest absolute Gasteiger partial charge is 0.489 e. The van der Waals surface area contributed by atoms with Crippen molar-refractivity contribution in [2.75, 3.05) is 5.32 Å². The predicted octanol–water partition coefficient (Wildman–Crippen LogP) is 5.85. The van der Waals surface area contributed by atoms with Crippen molar-refractivity contribution in [1.82, 2.24) is 0 Å². The van der Waals surface area contributed by atoms with E-state index in [4.69, 9.17) is 16.3 Å². The number of hydrogen-bond acceptors (Lipinski definition) is 3. The lowest BCUT2D eigenvalue weighted by molar-refractivity contribution is 0.103. The Hall–Kier alpha value is -2.30. The number of anilines is 1. The monoisotopic (exact) mass is 371 g/mol. The van der Waals surface area contributed by atoms with E-state index in [-0.39, 0.29) is 5.91 Å². The van der Waals surface area contributed by atoms with Gasteiger partial charge in [0.25, 0.3) is 5.91 Å². The molecule has 0 fully saturated rings. The van der Waals surface area contributed by atoms with E-state index < -0.39 is 0 Å². The maximum atomic E-state index is 12.4. The van der Waals surface area contributed by atoms with Crippen molar-refractivity contribution < 1.29 is 9.53 Å². The predicted molar refractivity (Wildman–Crippen MR) is 104 cm³/mol. The lowest BCUT2D eigenvalue weighted by atomic mass is 10.2. The average molecular weight is 372 g/mol. The maximum Gasteiger partial charge on any atom is 0.265 e. The van der Waals surface area contributed by atoms with E-state index in [0.717, 1.165) is 28.1 Å². The summed E-state index contributed by atoms with van der Waals surface area (Å²) >= 11 is 7.40. The Labute approximate surface area is 156 Å². The van der Waals surface area contributed by atoms with Gasteiger partial charge >= 0.3 is 0 Å². The molecular weight excluding hydrogens is 354 g/mol. The highest BCUT2D eigenvalue weighted by atomic mass is 35.5. The van der Waals surface area contributed by atoms with E-state index in [1.165, 1.54) is 11.3 Å². The van der Waals surface area contributed by atoms with Crippen LogP contribution in [0.1, 0.15) is 26.4 Å². The van der Waals surface area contributed by atoms with E-state index in [2.05, 4.69) is 5.32 Å². The summed E-state index contributed by atoms with van der Waals surface area (Å²) in [7, 11) is 0. The van der Waals surface area contributed by atoms with Gasteiger partial charge in [-0.25, -0.2) is 0 Å². The lowest BCUT2D eigenvalue weighted by Crippen LogP contribution is -2.11. The fourth-order valence-corrected chi connectivity index (χ4v) is 3.33. The molecule has 3 rings (SSSR count). The SMILES string of the molecule is Cc1ccc(Cl)cc1NC(=O)c1cc(COc2ccccc2C)cs1. The molecule has 0 unspecified atom stereocenters. The van der Waals surface area contributed by atoms with Crippen molar-refractivity contribution in [3.8, 4) is 5.75 Å².